The molecule has 4 rings (SSSR count). The van der Waals surface area contributed by atoms with Crippen molar-refractivity contribution in [3.05, 3.63) is 66.4 Å². The smallest absolute Gasteiger partial charge is 0.291 e. The highest BCUT2D eigenvalue weighted by Gasteiger charge is 2.21. The van der Waals surface area contributed by atoms with Crippen LogP contribution in [-0.2, 0) is 0 Å². The van der Waals surface area contributed by atoms with Crippen molar-refractivity contribution in [3.8, 4) is 11.3 Å². The molecule has 0 saturated carbocycles. The van der Waals surface area contributed by atoms with Crippen LogP contribution in [0.2, 0.25) is 0 Å². The fourth-order valence-corrected chi connectivity index (χ4v) is 3.96. The van der Waals surface area contributed by atoms with Crippen molar-refractivity contribution in [2.45, 2.75) is 17.4 Å². The summed E-state index contributed by atoms with van der Waals surface area (Å²) in [5.41, 5.74) is 2.89. The third kappa shape index (κ3) is 4.49. The summed E-state index contributed by atoms with van der Waals surface area (Å²) >= 11 is 1.69. The van der Waals surface area contributed by atoms with Gasteiger partial charge in [-0.05, 0) is 68.3 Å². The topological polar surface area (TPSA) is 57.5 Å². The predicted octanol–water partition coefficient (Wildman–Crippen LogP) is 4.72. The van der Waals surface area contributed by atoms with Crippen molar-refractivity contribution >= 4 is 29.0 Å². The highest BCUT2D eigenvalue weighted by molar-refractivity contribution is 7.98. The monoisotopic (exact) mass is 407 g/mol. The number of amides is 1. The SMILES string of the molecule is CNC1CCN(c2ccc(NC(=O)c3ccc(-c4ccc(SC)cc4)o3)cc2)C1. The highest BCUT2D eigenvalue weighted by atomic mass is 32.2. The van der Waals surface area contributed by atoms with Crippen molar-refractivity contribution in [1.82, 2.24) is 5.32 Å². The van der Waals surface area contributed by atoms with Crippen LogP contribution in [-0.4, -0.2) is 38.3 Å². The van der Waals surface area contributed by atoms with E-state index in [-0.39, 0.29) is 5.91 Å². The Morgan fingerprint density at radius 2 is 1.83 bits per heavy atom. The number of carbonyl (C=O) groups is 1. The molecule has 1 fully saturated rings. The van der Waals surface area contributed by atoms with Crippen molar-refractivity contribution in [1.29, 1.82) is 0 Å². The van der Waals surface area contributed by atoms with E-state index < -0.39 is 0 Å². The molecule has 1 saturated heterocycles. The van der Waals surface area contributed by atoms with Crippen LogP contribution in [0.15, 0.2) is 70.0 Å². The fourth-order valence-electron chi connectivity index (χ4n) is 3.55. The van der Waals surface area contributed by atoms with E-state index in [2.05, 4.69) is 27.7 Å². The van der Waals surface area contributed by atoms with E-state index in [4.69, 9.17) is 4.42 Å². The van der Waals surface area contributed by atoms with Crippen molar-refractivity contribution in [2.75, 3.05) is 36.6 Å². The zero-order valence-corrected chi connectivity index (χ0v) is 17.5. The van der Waals surface area contributed by atoms with E-state index >= 15 is 0 Å². The van der Waals surface area contributed by atoms with Gasteiger partial charge in [0.25, 0.3) is 5.91 Å². The molecule has 29 heavy (non-hydrogen) atoms. The second-order valence-corrected chi connectivity index (χ2v) is 7.99. The molecule has 1 aliphatic heterocycles. The van der Waals surface area contributed by atoms with Crippen LogP contribution in [0.4, 0.5) is 11.4 Å². The maximum atomic E-state index is 12.6. The zero-order chi connectivity index (χ0) is 20.2. The second-order valence-electron chi connectivity index (χ2n) is 7.11. The van der Waals surface area contributed by atoms with Crippen LogP contribution in [0.3, 0.4) is 0 Å². The normalized spacial score (nSPS) is 16.2. The van der Waals surface area contributed by atoms with E-state index in [0.29, 0.717) is 17.6 Å². The summed E-state index contributed by atoms with van der Waals surface area (Å²) in [6.45, 7) is 2.06. The molecule has 2 N–H and O–H groups in total. The van der Waals surface area contributed by atoms with Gasteiger partial charge in [-0.3, -0.25) is 4.79 Å². The molecule has 1 aliphatic rings. The molecule has 1 atom stereocenters. The first-order valence-corrected chi connectivity index (χ1v) is 11.0. The summed E-state index contributed by atoms with van der Waals surface area (Å²) < 4.78 is 5.77. The molecule has 0 spiro atoms. The van der Waals surface area contributed by atoms with Gasteiger partial charge in [-0.15, -0.1) is 11.8 Å². The Labute approximate surface area is 175 Å². The Hall–Kier alpha value is -2.70. The molecule has 1 unspecified atom stereocenters. The van der Waals surface area contributed by atoms with Gasteiger partial charge < -0.3 is 20.0 Å². The van der Waals surface area contributed by atoms with Crippen LogP contribution < -0.4 is 15.5 Å². The molecular formula is C23H25N3O2S. The number of thioether (sulfide) groups is 1. The number of anilines is 2. The minimum absolute atomic E-state index is 0.249. The van der Waals surface area contributed by atoms with E-state index in [9.17, 15) is 4.79 Å². The summed E-state index contributed by atoms with van der Waals surface area (Å²) in [7, 11) is 2.01. The second kappa shape index (κ2) is 8.76. The lowest BCUT2D eigenvalue weighted by Gasteiger charge is -2.19. The van der Waals surface area contributed by atoms with Gasteiger partial charge in [-0.1, -0.05) is 12.1 Å². The van der Waals surface area contributed by atoms with E-state index in [1.54, 1.807) is 17.8 Å². The molecule has 2 heterocycles. The number of benzene rings is 2. The standard InChI is InChI=1S/C23H25N3O2S/c1-24-18-13-14-26(15-18)19-7-5-17(6-8-19)25-23(27)22-12-11-21(28-22)16-3-9-20(29-2)10-4-16/h3-12,18,24H,13-15H2,1-2H3,(H,25,27). The third-order valence-corrected chi connectivity index (χ3v) is 6.03. The number of carbonyl (C=O) groups excluding carboxylic acids is 1. The van der Waals surface area contributed by atoms with Crippen LogP contribution >= 0.6 is 11.8 Å². The third-order valence-electron chi connectivity index (χ3n) is 5.29. The minimum atomic E-state index is -0.249. The number of rotatable bonds is 6. The van der Waals surface area contributed by atoms with E-state index in [1.165, 1.54) is 10.6 Å². The van der Waals surface area contributed by atoms with Crippen LogP contribution in [0.25, 0.3) is 11.3 Å². The number of furan rings is 1. The van der Waals surface area contributed by atoms with Gasteiger partial charge in [0.2, 0.25) is 0 Å². The van der Waals surface area contributed by atoms with Crippen molar-refractivity contribution in [3.63, 3.8) is 0 Å². The van der Waals surface area contributed by atoms with Gasteiger partial charge in [0, 0.05) is 41.0 Å². The summed E-state index contributed by atoms with van der Waals surface area (Å²) in [5.74, 6) is 0.738. The molecule has 6 heteroatoms. The molecule has 0 bridgehead atoms. The number of hydrogen-bond acceptors (Lipinski definition) is 5. The first-order chi connectivity index (χ1) is 14.2. The van der Waals surface area contributed by atoms with Crippen LogP contribution in [0.5, 0.6) is 0 Å². The Bertz CT molecular complexity index is 967. The molecule has 150 valence electrons. The predicted molar refractivity (Wildman–Crippen MR) is 120 cm³/mol. The molecule has 5 nitrogen and oxygen atoms in total. The molecule has 2 aromatic carbocycles. The number of likely N-dealkylation sites (N-methyl/N-ethyl adjacent to an activating group) is 1. The summed E-state index contributed by atoms with van der Waals surface area (Å²) in [5, 5.41) is 6.24. The number of nitrogens with one attached hydrogen (secondary N) is 2. The quantitative estimate of drug-likeness (QED) is 0.579. The average molecular weight is 408 g/mol. The maximum absolute atomic E-state index is 12.6. The zero-order valence-electron chi connectivity index (χ0n) is 16.6. The van der Waals surface area contributed by atoms with E-state index in [0.717, 1.165) is 30.8 Å². The van der Waals surface area contributed by atoms with Crippen LogP contribution in [0.1, 0.15) is 17.0 Å². The van der Waals surface area contributed by atoms with Gasteiger partial charge >= 0.3 is 0 Å². The lowest BCUT2D eigenvalue weighted by atomic mass is 10.2. The largest absolute Gasteiger partial charge is 0.451 e. The van der Waals surface area contributed by atoms with E-state index in [1.807, 2.05) is 55.8 Å². The van der Waals surface area contributed by atoms with Gasteiger partial charge in [0.1, 0.15) is 5.76 Å². The number of nitrogens with zero attached hydrogens (tertiary/aromatic N) is 1. The molecule has 1 amide bonds. The van der Waals surface area contributed by atoms with Crippen LogP contribution in [0, 0.1) is 0 Å². The maximum Gasteiger partial charge on any atom is 0.291 e. The number of hydrogen-bond donors (Lipinski definition) is 2. The minimum Gasteiger partial charge on any atom is -0.451 e. The van der Waals surface area contributed by atoms with Gasteiger partial charge in [0.15, 0.2) is 5.76 Å². The Balaban J connectivity index is 1.40. The molecule has 0 aliphatic carbocycles. The summed E-state index contributed by atoms with van der Waals surface area (Å²) in [4.78, 5) is 16.1. The molecular weight excluding hydrogens is 382 g/mol. The Kier molecular flexibility index (Phi) is 5.92. The highest BCUT2D eigenvalue weighted by Crippen LogP contribution is 2.26. The van der Waals surface area contributed by atoms with Crippen molar-refractivity contribution in [2.24, 2.45) is 0 Å². The molecule has 1 aromatic heterocycles. The first kappa shape index (κ1) is 19.6. The fraction of sp³-hybridized carbons (Fsp3) is 0.261. The van der Waals surface area contributed by atoms with Gasteiger partial charge in [-0.2, -0.15) is 0 Å². The molecule has 0 radical (unpaired) electrons. The first-order valence-electron chi connectivity index (χ1n) is 9.74. The molecule has 3 aromatic rings. The summed E-state index contributed by atoms with van der Waals surface area (Å²) in [6, 6.07) is 20.1. The van der Waals surface area contributed by atoms with Gasteiger partial charge in [-0.25, -0.2) is 0 Å². The Morgan fingerprint density at radius 3 is 2.48 bits per heavy atom. The van der Waals surface area contributed by atoms with Crippen molar-refractivity contribution < 1.29 is 9.21 Å². The lowest BCUT2D eigenvalue weighted by molar-refractivity contribution is 0.0997. The lowest BCUT2D eigenvalue weighted by Crippen LogP contribution is -2.29. The summed E-state index contributed by atoms with van der Waals surface area (Å²) in [6.07, 6.45) is 3.19. The van der Waals surface area contributed by atoms with Gasteiger partial charge in [0.05, 0.1) is 0 Å². The Morgan fingerprint density at radius 1 is 1.07 bits per heavy atom. The average Bonchev–Trinajstić information content (AvgIpc) is 3.44.